The number of aliphatic imine (C=N–C) groups is 1. The molecule has 0 radical (unpaired) electrons. The third-order valence-electron chi connectivity index (χ3n) is 5.91. The number of pyridine rings is 1. The Hall–Kier alpha value is -2.87. The first-order valence-electron chi connectivity index (χ1n) is 10.3. The number of anilines is 2. The molecule has 1 N–H and O–H groups in total. The van der Waals surface area contributed by atoms with Crippen molar-refractivity contribution in [2.75, 3.05) is 43.4 Å². The van der Waals surface area contributed by atoms with Gasteiger partial charge in [-0.25, -0.2) is 19.9 Å². The van der Waals surface area contributed by atoms with Crippen molar-refractivity contribution >= 4 is 34.3 Å². The molecule has 2 aromatic heterocycles. The Bertz CT molecular complexity index is 1010. The summed E-state index contributed by atoms with van der Waals surface area (Å²) >= 11 is 0. The Morgan fingerprint density at radius 3 is 2.86 bits per heavy atom. The van der Waals surface area contributed by atoms with E-state index in [0.29, 0.717) is 11.6 Å². The first kappa shape index (κ1) is 18.2. The van der Waals surface area contributed by atoms with E-state index in [-0.39, 0.29) is 11.8 Å². The van der Waals surface area contributed by atoms with E-state index in [0.717, 1.165) is 55.0 Å². The molecule has 0 spiro atoms. The van der Waals surface area contributed by atoms with Gasteiger partial charge >= 0.3 is 0 Å². The molecule has 0 aromatic carbocycles. The summed E-state index contributed by atoms with van der Waals surface area (Å²) in [6, 6.07) is 1.92. The van der Waals surface area contributed by atoms with Crippen LogP contribution in [0.4, 0.5) is 11.8 Å². The van der Waals surface area contributed by atoms with Crippen molar-refractivity contribution in [2.45, 2.75) is 25.7 Å². The smallest absolute Gasteiger partial charge is 0.293 e. The number of carbonyl (C=O) groups excluding carboxylic acids is 1. The standard InChI is InChI=1S/C21H25N7O/c1-27-10-6-16-15(13-27)11-17(20(29)24-16)25-21-23-12-14-5-7-22-19(18(14)26-21)28-8-3-2-4-9-28/h5,7,11-12,15H,2-4,6,8-10,13H2,1H3,(H,23,25,26). The van der Waals surface area contributed by atoms with Gasteiger partial charge in [0.25, 0.3) is 5.91 Å². The maximum atomic E-state index is 12.5. The van der Waals surface area contributed by atoms with Crippen LogP contribution in [0.3, 0.4) is 0 Å². The predicted molar refractivity (Wildman–Crippen MR) is 113 cm³/mol. The summed E-state index contributed by atoms with van der Waals surface area (Å²) in [5.74, 6) is 1.23. The van der Waals surface area contributed by atoms with Crippen molar-refractivity contribution < 1.29 is 4.79 Å². The Morgan fingerprint density at radius 1 is 1.14 bits per heavy atom. The molecule has 1 amide bonds. The molecule has 2 saturated heterocycles. The number of hydrogen-bond donors (Lipinski definition) is 1. The molecule has 150 valence electrons. The normalized spacial score (nSPS) is 22.9. The van der Waals surface area contributed by atoms with Gasteiger partial charge in [0.2, 0.25) is 5.95 Å². The minimum atomic E-state index is -0.244. The van der Waals surface area contributed by atoms with Gasteiger partial charge < -0.3 is 15.1 Å². The van der Waals surface area contributed by atoms with Gasteiger partial charge in [0.1, 0.15) is 11.2 Å². The molecule has 1 unspecified atom stereocenters. The second-order valence-electron chi connectivity index (χ2n) is 8.05. The molecule has 0 aliphatic carbocycles. The highest BCUT2D eigenvalue weighted by molar-refractivity contribution is 6.09. The lowest BCUT2D eigenvalue weighted by atomic mass is 9.92. The quantitative estimate of drug-likeness (QED) is 0.859. The van der Waals surface area contributed by atoms with Crippen LogP contribution < -0.4 is 10.2 Å². The average molecular weight is 391 g/mol. The SMILES string of the molecule is CN1CCC2=NC(=O)C(Nc3ncc4ccnc(N5CCCCC5)c4n3)=CC2C1. The maximum Gasteiger partial charge on any atom is 0.293 e. The van der Waals surface area contributed by atoms with Crippen molar-refractivity contribution in [3.05, 3.63) is 30.2 Å². The number of hydrogen-bond acceptors (Lipinski definition) is 7. The molecule has 8 heteroatoms. The molecule has 1 atom stereocenters. The third kappa shape index (κ3) is 3.60. The molecular weight excluding hydrogens is 366 g/mol. The number of nitrogens with one attached hydrogen (secondary N) is 1. The van der Waals surface area contributed by atoms with Gasteiger partial charge in [0.15, 0.2) is 5.82 Å². The fraction of sp³-hybridized carbons (Fsp3) is 0.476. The Labute approximate surface area is 169 Å². The molecule has 29 heavy (non-hydrogen) atoms. The first-order valence-corrected chi connectivity index (χ1v) is 10.3. The number of nitrogens with zero attached hydrogens (tertiary/aromatic N) is 6. The van der Waals surface area contributed by atoms with E-state index in [4.69, 9.17) is 4.98 Å². The van der Waals surface area contributed by atoms with Gasteiger partial charge in [-0.2, -0.15) is 0 Å². The highest BCUT2D eigenvalue weighted by Gasteiger charge is 2.28. The lowest BCUT2D eigenvalue weighted by Crippen LogP contribution is -2.40. The van der Waals surface area contributed by atoms with E-state index >= 15 is 0 Å². The van der Waals surface area contributed by atoms with Crippen molar-refractivity contribution in [2.24, 2.45) is 10.9 Å². The Balaban J connectivity index is 1.44. The van der Waals surface area contributed by atoms with Crippen LogP contribution in [0.25, 0.3) is 10.9 Å². The monoisotopic (exact) mass is 391 g/mol. The molecule has 2 fully saturated rings. The molecule has 8 nitrogen and oxygen atoms in total. The maximum absolute atomic E-state index is 12.5. The van der Waals surface area contributed by atoms with Crippen molar-refractivity contribution in [3.63, 3.8) is 0 Å². The van der Waals surface area contributed by atoms with Gasteiger partial charge in [-0.15, -0.1) is 0 Å². The van der Waals surface area contributed by atoms with E-state index < -0.39 is 0 Å². The second kappa shape index (κ2) is 7.51. The Kier molecular flexibility index (Phi) is 4.71. The van der Waals surface area contributed by atoms with Crippen LogP contribution in [0.1, 0.15) is 25.7 Å². The lowest BCUT2D eigenvalue weighted by molar-refractivity contribution is -0.114. The van der Waals surface area contributed by atoms with E-state index in [1.54, 1.807) is 6.20 Å². The molecule has 3 aliphatic heterocycles. The zero-order valence-corrected chi connectivity index (χ0v) is 16.6. The van der Waals surface area contributed by atoms with Gasteiger partial charge in [0, 0.05) is 55.6 Å². The van der Waals surface area contributed by atoms with Crippen LogP contribution in [-0.4, -0.2) is 64.7 Å². The lowest BCUT2D eigenvalue weighted by Gasteiger charge is -2.31. The van der Waals surface area contributed by atoms with Gasteiger partial charge in [-0.1, -0.05) is 0 Å². The number of amides is 1. The van der Waals surface area contributed by atoms with Crippen molar-refractivity contribution in [1.29, 1.82) is 0 Å². The van der Waals surface area contributed by atoms with E-state index in [1.807, 2.05) is 18.3 Å². The van der Waals surface area contributed by atoms with E-state index in [9.17, 15) is 4.79 Å². The molecule has 5 rings (SSSR count). The third-order valence-corrected chi connectivity index (χ3v) is 5.91. The van der Waals surface area contributed by atoms with Crippen molar-refractivity contribution in [1.82, 2.24) is 19.9 Å². The van der Waals surface area contributed by atoms with Crippen LogP contribution in [0.15, 0.2) is 35.2 Å². The number of likely N-dealkylation sites (tertiary alicyclic amines) is 1. The van der Waals surface area contributed by atoms with Crippen LogP contribution in [0, 0.1) is 5.92 Å². The van der Waals surface area contributed by atoms with Gasteiger partial charge in [0.05, 0.1) is 0 Å². The zero-order valence-electron chi connectivity index (χ0n) is 16.6. The topological polar surface area (TPSA) is 86.6 Å². The molecule has 3 aliphatic rings. The van der Waals surface area contributed by atoms with Crippen molar-refractivity contribution in [3.8, 4) is 0 Å². The molecule has 2 aromatic rings. The summed E-state index contributed by atoms with van der Waals surface area (Å²) < 4.78 is 0. The largest absolute Gasteiger partial charge is 0.355 e. The highest BCUT2D eigenvalue weighted by atomic mass is 16.1. The number of dihydropyridines is 1. The van der Waals surface area contributed by atoms with Crippen LogP contribution in [0.2, 0.25) is 0 Å². The van der Waals surface area contributed by atoms with Gasteiger partial charge in [-0.3, -0.25) is 4.79 Å². The van der Waals surface area contributed by atoms with E-state index in [1.165, 1.54) is 19.3 Å². The second-order valence-corrected chi connectivity index (χ2v) is 8.05. The Morgan fingerprint density at radius 2 is 2.00 bits per heavy atom. The summed E-state index contributed by atoms with van der Waals surface area (Å²) in [5.41, 5.74) is 2.25. The average Bonchev–Trinajstić information content (AvgIpc) is 2.75. The summed E-state index contributed by atoms with van der Waals surface area (Å²) in [5, 5.41) is 4.07. The number of rotatable bonds is 3. The molecule has 0 saturated carbocycles. The van der Waals surface area contributed by atoms with Crippen LogP contribution >= 0.6 is 0 Å². The number of piperidine rings is 2. The van der Waals surface area contributed by atoms with Crippen LogP contribution in [-0.2, 0) is 4.79 Å². The summed E-state index contributed by atoms with van der Waals surface area (Å²) in [6.45, 7) is 3.81. The predicted octanol–water partition coefficient (Wildman–Crippen LogP) is 2.24. The minimum absolute atomic E-state index is 0.167. The number of fused-ring (bicyclic) bond motifs is 2. The number of carbonyl (C=O) groups is 1. The summed E-state index contributed by atoms with van der Waals surface area (Å²) in [4.78, 5) is 35.1. The number of aromatic nitrogens is 3. The van der Waals surface area contributed by atoms with Crippen LogP contribution in [0.5, 0.6) is 0 Å². The first-order chi connectivity index (χ1) is 14.2. The molecular formula is C21H25N7O. The molecule has 0 bridgehead atoms. The molecule has 5 heterocycles. The summed E-state index contributed by atoms with van der Waals surface area (Å²) in [6.07, 6.45) is 10.0. The van der Waals surface area contributed by atoms with Gasteiger partial charge in [-0.05, 0) is 44.9 Å². The minimum Gasteiger partial charge on any atom is -0.355 e. The zero-order chi connectivity index (χ0) is 19.8. The van der Waals surface area contributed by atoms with E-state index in [2.05, 4.69) is 37.1 Å². The fourth-order valence-electron chi connectivity index (χ4n) is 4.33. The summed E-state index contributed by atoms with van der Waals surface area (Å²) in [7, 11) is 2.09. The highest BCUT2D eigenvalue weighted by Crippen LogP contribution is 2.27. The fourth-order valence-corrected chi connectivity index (χ4v) is 4.33.